The summed E-state index contributed by atoms with van der Waals surface area (Å²) >= 11 is 0. The predicted molar refractivity (Wildman–Crippen MR) is 159 cm³/mol. The summed E-state index contributed by atoms with van der Waals surface area (Å²) in [7, 11) is -2.87. The lowest BCUT2D eigenvalue weighted by Gasteiger charge is -2.33. The van der Waals surface area contributed by atoms with Gasteiger partial charge in [-0.05, 0) is 29.3 Å². The fourth-order valence-electron chi connectivity index (χ4n) is 4.51. The van der Waals surface area contributed by atoms with Crippen LogP contribution in [-0.2, 0) is 32.6 Å². The monoisotopic (exact) mass is 586 g/mol. The molecule has 0 saturated carbocycles. The van der Waals surface area contributed by atoms with Crippen molar-refractivity contribution in [2.24, 2.45) is 0 Å². The van der Waals surface area contributed by atoms with E-state index in [1.165, 1.54) is 42.3 Å². The van der Waals surface area contributed by atoms with Gasteiger partial charge in [-0.15, -0.1) is 0 Å². The minimum Gasteiger partial charge on any atom is -0.357 e. The van der Waals surface area contributed by atoms with Crippen molar-refractivity contribution < 1.29 is 22.9 Å². The van der Waals surface area contributed by atoms with Crippen molar-refractivity contribution in [1.82, 2.24) is 10.2 Å². The number of carbonyl (C=O) groups is 2. The highest BCUT2D eigenvalue weighted by Gasteiger charge is 2.34. The minimum atomic E-state index is -4.35. The number of nitrogens with one attached hydrogen (secondary N) is 1. The van der Waals surface area contributed by atoms with Crippen molar-refractivity contribution in [1.29, 1.82) is 0 Å². The number of non-ortho nitro benzene ring substituents is 1. The lowest BCUT2D eigenvalue weighted by Crippen LogP contribution is -2.53. The van der Waals surface area contributed by atoms with E-state index in [0.29, 0.717) is 0 Å². The zero-order valence-electron chi connectivity index (χ0n) is 22.9. The predicted octanol–water partition coefficient (Wildman–Crippen LogP) is 4.18. The molecule has 2 amide bonds. The van der Waals surface area contributed by atoms with Crippen LogP contribution in [0.1, 0.15) is 11.1 Å². The van der Waals surface area contributed by atoms with E-state index in [2.05, 4.69) is 5.32 Å². The van der Waals surface area contributed by atoms with E-state index in [0.717, 1.165) is 21.5 Å². The number of hydrogen-bond acceptors (Lipinski definition) is 6. The van der Waals surface area contributed by atoms with Crippen LogP contribution in [0.5, 0.6) is 0 Å². The molecule has 0 bridgehead atoms. The molecule has 1 N–H and O–H groups in total. The summed E-state index contributed by atoms with van der Waals surface area (Å²) in [5, 5.41) is 14.1. The molecule has 4 aromatic carbocycles. The largest absolute Gasteiger partial charge is 0.357 e. The summed E-state index contributed by atoms with van der Waals surface area (Å²) in [6.45, 7) is -0.674. The maximum Gasteiger partial charge on any atom is 0.271 e. The average Bonchev–Trinajstić information content (AvgIpc) is 3.02. The fraction of sp³-hybridized carbons (Fsp3) is 0.161. The number of amides is 2. The molecular weight excluding hydrogens is 556 g/mol. The summed E-state index contributed by atoms with van der Waals surface area (Å²) < 4.78 is 28.6. The molecular formula is C31H30N4O6S. The highest BCUT2D eigenvalue weighted by Crippen LogP contribution is 2.28. The van der Waals surface area contributed by atoms with Gasteiger partial charge >= 0.3 is 0 Å². The van der Waals surface area contributed by atoms with Gasteiger partial charge in [0, 0.05) is 32.1 Å². The van der Waals surface area contributed by atoms with E-state index in [1.54, 1.807) is 30.3 Å². The molecule has 216 valence electrons. The molecule has 0 heterocycles. The van der Waals surface area contributed by atoms with E-state index in [-0.39, 0.29) is 29.2 Å². The van der Waals surface area contributed by atoms with Crippen LogP contribution >= 0.6 is 0 Å². The Labute approximate surface area is 244 Å². The lowest BCUT2D eigenvalue weighted by atomic mass is 10.0. The van der Waals surface area contributed by atoms with Gasteiger partial charge < -0.3 is 10.2 Å². The third kappa shape index (κ3) is 7.18. The third-order valence-corrected chi connectivity index (χ3v) is 8.44. The fourth-order valence-corrected chi connectivity index (χ4v) is 5.94. The summed E-state index contributed by atoms with van der Waals surface area (Å²) in [6.07, 6.45) is 0.182. The zero-order chi connectivity index (χ0) is 30.1. The van der Waals surface area contributed by atoms with E-state index < -0.39 is 39.3 Å². The Kier molecular flexibility index (Phi) is 9.66. The number of sulfonamides is 1. The van der Waals surface area contributed by atoms with Crippen LogP contribution in [-0.4, -0.2) is 49.7 Å². The Hall–Kier alpha value is -5.03. The SMILES string of the molecule is CNC(=O)C(Cc1ccccc1)N(Cc1ccccc1)C(=O)CN(c1cccc([N+](=O)[O-])c1)S(=O)(=O)c1ccccc1. The molecule has 0 fully saturated rings. The van der Waals surface area contributed by atoms with Gasteiger partial charge in [0.05, 0.1) is 15.5 Å². The summed E-state index contributed by atoms with van der Waals surface area (Å²) in [6, 6.07) is 29.9. The maximum absolute atomic E-state index is 14.2. The first-order valence-corrected chi connectivity index (χ1v) is 14.6. The van der Waals surface area contributed by atoms with Crippen LogP contribution < -0.4 is 9.62 Å². The molecule has 0 aliphatic heterocycles. The zero-order valence-corrected chi connectivity index (χ0v) is 23.7. The lowest BCUT2D eigenvalue weighted by molar-refractivity contribution is -0.384. The molecule has 4 aromatic rings. The van der Waals surface area contributed by atoms with Crippen LogP contribution in [0.3, 0.4) is 0 Å². The van der Waals surface area contributed by atoms with Gasteiger partial charge in [-0.2, -0.15) is 0 Å². The molecule has 0 saturated heterocycles. The van der Waals surface area contributed by atoms with Crippen molar-refractivity contribution in [2.45, 2.75) is 23.9 Å². The molecule has 11 heteroatoms. The van der Waals surface area contributed by atoms with E-state index >= 15 is 0 Å². The first-order chi connectivity index (χ1) is 20.2. The second-order valence-corrected chi connectivity index (χ2v) is 11.3. The van der Waals surface area contributed by atoms with Gasteiger partial charge in [-0.1, -0.05) is 84.9 Å². The Balaban J connectivity index is 1.80. The molecule has 0 aliphatic rings. The Morgan fingerprint density at radius 2 is 1.40 bits per heavy atom. The summed E-state index contributed by atoms with van der Waals surface area (Å²) in [5.41, 5.74) is 1.16. The van der Waals surface area contributed by atoms with Gasteiger partial charge in [0.1, 0.15) is 12.6 Å². The topological polar surface area (TPSA) is 130 Å². The molecule has 0 aromatic heterocycles. The second-order valence-electron chi connectivity index (χ2n) is 9.43. The Morgan fingerprint density at radius 3 is 1.98 bits per heavy atom. The van der Waals surface area contributed by atoms with E-state index in [4.69, 9.17) is 0 Å². The van der Waals surface area contributed by atoms with Crippen LogP contribution in [0.25, 0.3) is 0 Å². The normalized spacial score (nSPS) is 11.7. The van der Waals surface area contributed by atoms with Gasteiger partial charge in [0.2, 0.25) is 11.8 Å². The summed E-state index contributed by atoms with van der Waals surface area (Å²) in [5.74, 6) is -1.08. The number of carbonyl (C=O) groups excluding carboxylic acids is 2. The first kappa shape index (κ1) is 29.9. The Morgan fingerprint density at radius 1 is 0.833 bits per heavy atom. The highest BCUT2D eigenvalue weighted by atomic mass is 32.2. The van der Waals surface area contributed by atoms with Crippen LogP contribution in [0.4, 0.5) is 11.4 Å². The van der Waals surface area contributed by atoms with Crippen molar-refractivity contribution in [2.75, 3.05) is 17.9 Å². The first-order valence-electron chi connectivity index (χ1n) is 13.1. The Bertz CT molecular complexity index is 1630. The van der Waals surface area contributed by atoms with Crippen molar-refractivity contribution in [3.05, 3.63) is 137 Å². The molecule has 0 aliphatic carbocycles. The number of rotatable bonds is 12. The average molecular weight is 587 g/mol. The number of nitro benzene ring substituents is 1. The quantitative estimate of drug-likeness (QED) is 0.196. The number of benzene rings is 4. The highest BCUT2D eigenvalue weighted by molar-refractivity contribution is 7.92. The molecule has 42 heavy (non-hydrogen) atoms. The van der Waals surface area contributed by atoms with Gasteiger partial charge in [0.25, 0.3) is 15.7 Å². The van der Waals surface area contributed by atoms with Crippen LogP contribution in [0, 0.1) is 10.1 Å². The van der Waals surface area contributed by atoms with Gasteiger partial charge in [-0.25, -0.2) is 8.42 Å². The van der Waals surface area contributed by atoms with Crippen molar-refractivity contribution >= 4 is 33.2 Å². The number of nitro groups is 1. The third-order valence-electron chi connectivity index (χ3n) is 6.65. The van der Waals surface area contributed by atoms with Crippen LogP contribution in [0.15, 0.2) is 120 Å². The number of nitrogens with zero attached hydrogens (tertiary/aromatic N) is 3. The molecule has 1 atom stereocenters. The summed E-state index contributed by atoms with van der Waals surface area (Å²) in [4.78, 5) is 39.6. The van der Waals surface area contributed by atoms with Gasteiger partial charge in [-0.3, -0.25) is 24.0 Å². The van der Waals surface area contributed by atoms with Crippen LogP contribution in [0.2, 0.25) is 0 Å². The van der Waals surface area contributed by atoms with Crippen molar-refractivity contribution in [3.8, 4) is 0 Å². The number of anilines is 1. The minimum absolute atomic E-state index is 0.0265. The van der Waals surface area contributed by atoms with Gasteiger partial charge in [0.15, 0.2) is 0 Å². The smallest absolute Gasteiger partial charge is 0.271 e. The standard InChI is InChI=1S/C31H30N4O6S/c1-32-31(37)29(20-24-12-5-2-6-13-24)33(22-25-14-7-3-8-15-25)30(36)23-34(26-16-11-17-27(21-26)35(38)39)42(40,41)28-18-9-4-10-19-28/h2-19,21,29H,20,22-23H2,1H3,(H,32,37). The molecule has 0 spiro atoms. The molecule has 4 rings (SSSR count). The molecule has 1 unspecified atom stereocenters. The number of hydrogen-bond donors (Lipinski definition) is 1. The second kappa shape index (κ2) is 13.6. The van der Waals surface area contributed by atoms with E-state index in [9.17, 15) is 28.1 Å². The molecule has 0 radical (unpaired) electrons. The maximum atomic E-state index is 14.2. The van der Waals surface area contributed by atoms with E-state index in [1.807, 2.05) is 48.5 Å². The molecule has 10 nitrogen and oxygen atoms in total. The van der Waals surface area contributed by atoms with Crippen molar-refractivity contribution in [3.63, 3.8) is 0 Å². The number of likely N-dealkylation sites (N-methyl/N-ethyl adjacent to an activating group) is 1.